The number of carbonyl (C=O) groups is 1. The summed E-state index contributed by atoms with van der Waals surface area (Å²) in [5.74, 6) is -0.106. The van der Waals surface area contributed by atoms with Crippen LogP contribution < -0.4 is 0 Å². The highest BCUT2D eigenvalue weighted by molar-refractivity contribution is 7.09. The van der Waals surface area contributed by atoms with E-state index < -0.39 is 0 Å². The Kier molecular flexibility index (Phi) is 6.36. The number of esters is 1. The van der Waals surface area contributed by atoms with Crippen LogP contribution in [-0.4, -0.2) is 29.6 Å². The fraction of sp³-hybridized carbons (Fsp3) is 0.643. The maximum Gasteiger partial charge on any atom is 0.323 e. The Labute approximate surface area is 114 Å². The summed E-state index contributed by atoms with van der Waals surface area (Å²) < 4.78 is 5.17. The Bertz CT molecular complexity index is 349. The maximum atomic E-state index is 12.0. The molecular formula is C14H23NO2S. The number of carbonyl (C=O) groups excluding carboxylic acids is 1. The van der Waals surface area contributed by atoms with E-state index in [4.69, 9.17) is 4.74 Å². The lowest BCUT2D eigenvalue weighted by Gasteiger charge is -2.32. The van der Waals surface area contributed by atoms with E-state index in [2.05, 4.69) is 30.2 Å². The van der Waals surface area contributed by atoms with E-state index in [-0.39, 0.29) is 12.0 Å². The zero-order chi connectivity index (χ0) is 13.5. The van der Waals surface area contributed by atoms with Crippen LogP contribution in [0.1, 0.15) is 39.0 Å². The van der Waals surface area contributed by atoms with Crippen molar-refractivity contribution in [3.05, 3.63) is 22.4 Å². The van der Waals surface area contributed by atoms with Gasteiger partial charge in [0.2, 0.25) is 0 Å². The summed E-state index contributed by atoms with van der Waals surface area (Å²) in [5, 5.41) is 2.07. The van der Waals surface area contributed by atoms with Gasteiger partial charge in [0.05, 0.1) is 6.61 Å². The predicted octanol–water partition coefficient (Wildman–Crippen LogP) is 3.30. The average Bonchev–Trinajstić information content (AvgIpc) is 2.81. The van der Waals surface area contributed by atoms with E-state index in [1.165, 1.54) is 4.88 Å². The first-order valence-electron chi connectivity index (χ1n) is 6.54. The van der Waals surface area contributed by atoms with Crippen molar-refractivity contribution in [2.75, 3.05) is 6.61 Å². The first-order chi connectivity index (χ1) is 8.60. The van der Waals surface area contributed by atoms with Crippen LogP contribution in [0.3, 0.4) is 0 Å². The van der Waals surface area contributed by atoms with Crippen LogP contribution in [0.4, 0.5) is 0 Å². The minimum atomic E-state index is -0.146. The van der Waals surface area contributed by atoms with Crippen molar-refractivity contribution < 1.29 is 9.53 Å². The molecular weight excluding hydrogens is 246 g/mol. The molecule has 0 spiro atoms. The second kappa shape index (κ2) is 7.54. The summed E-state index contributed by atoms with van der Waals surface area (Å²) in [6.45, 7) is 9.38. The molecule has 1 atom stereocenters. The SMILES string of the molecule is CCOC(=O)C(CC)N(Cc1cccs1)C(C)C. The second-order valence-corrected chi connectivity index (χ2v) is 5.55. The summed E-state index contributed by atoms with van der Waals surface area (Å²) in [6.07, 6.45) is 0.780. The number of thiophene rings is 1. The van der Waals surface area contributed by atoms with Crippen LogP contribution >= 0.6 is 11.3 Å². The molecule has 0 amide bonds. The van der Waals surface area contributed by atoms with Crippen molar-refractivity contribution in [2.24, 2.45) is 0 Å². The molecule has 1 aromatic rings. The van der Waals surface area contributed by atoms with E-state index in [9.17, 15) is 4.79 Å². The van der Waals surface area contributed by atoms with E-state index in [1.807, 2.05) is 19.9 Å². The molecule has 102 valence electrons. The van der Waals surface area contributed by atoms with Crippen LogP contribution in [0.5, 0.6) is 0 Å². The molecule has 0 aromatic carbocycles. The molecule has 0 fully saturated rings. The minimum Gasteiger partial charge on any atom is -0.465 e. The monoisotopic (exact) mass is 269 g/mol. The van der Waals surface area contributed by atoms with Crippen molar-refractivity contribution in [1.29, 1.82) is 0 Å². The Balaban J connectivity index is 2.78. The summed E-state index contributed by atoms with van der Waals surface area (Å²) >= 11 is 1.73. The van der Waals surface area contributed by atoms with Gasteiger partial charge < -0.3 is 4.74 Å². The van der Waals surface area contributed by atoms with Crippen LogP contribution in [0, 0.1) is 0 Å². The van der Waals surface area contributed by atoms with Gasteiger partial charge in [-0.3, -0.25) is 9.69 Å². The number of ether oxygens (including phenoxy) is 1. The molecule has 0 radical (unpaired) electrons. The predicted molar refractivity (Wildman–Crippen MR) is 75.7 cm³/mol. The van der Waals surface area contributed by atoms with Gasteiger partial charge in [0.15, 0.2) is 0 Å². The van der Waals surface area contributed by atoms with Crippen LogP contribution in [0.15, 0.2) is 17.5 Å². The summed E-state index contributed by atoms with van der Waals surface area (Å²) in [4.78, 5) is 15.5. The fourth-order valence-corrected chi connectivity index (χ4v) is 2.72. The molecule has 1 rings (SSSR count). The largest absolute Gasteiger partial charge is 0.465 e. The lowest BCUT2D eigenvalue weighted by molar-refractivity contribution is -0.150. The second-order valence-electron chi connectivity index (χ2n) is 4.52. The van der Waals surface area contributed by atoms with Gasteiger partial charge >= 0.3 is 5.97 Å². The molecule has 0 saturated carbocycles. The molecule has 1 unspecified atom stereocenters. The Morgan fingerprint density at radius 3 is 2.61 bits per heavy atom. The van der Waals surface area contributed by atoms with Crippen molar-refractivity contribution in [3.63, 3.8) is 0 Å². The Morgan fingerprint density at radius 1 is 1.44 bits per heavy atom. The highest BCUT2D eigenvalue weighted by atomic mass is 32.1. The van der Waals surface area contributed by atoms with Gasteiger partial charge in [0.1, 0.15) is 6.04 Å². The molecule has 0 N–H and O–H groups in total. The Morgan fingerprint density at radius 2 is 2.17 bits per heavy atom. The average molecular weight is 269 g/mol. The molecule has 0 aliphatic heterocycles. The number of rotatable bonds is 7. The topological polar surface area (TPSA) is 29.5 Å². The van der Waals surface area contributed by atoms with Crippen LogP contribution in [0.2, 0.25) is 0 Å². The standard InChI is InChI=1S/C14H23NO2S/c1-5-13(14(16)17-6-2)15(11(3)4)10-12-8-7-9-18-12/h7-9,11,13H,5-6,10H2,1-4H3. The van der Waals surface area contributed by atoms with Crippen molar-refractivity contribution in [3.8, 4) is 0 Å². The molecule has 0 saturated heterocycles. The third-order valence-electron chi connectivity index (χ3n) is 2.93. The third-order valence-corrected chi connectivity index (χ3v) is 3.79. The lowest BCUT2D eigenvalue weighted by Crippen LogP contribution is -2.45. The molecule has 0 bridgehead atoms. The van der Waals surface area contributed by atoms with Gasteiger partial charge in [-0.1, -0.05) is 13.0 Å². The zero-order valence-electron chi connectivity index (χ0n) is 11.7. The van der Waals surface area contributed by atoms with E-state index in [0.29, 0.717) is 12.6 Å². The molecule has 18 heavy (non-hydrogen) atoms. The quantitative estimate of drug-likeness (QED) is 0.711. The number of hydrogen-bond acceptors (Lipinski definition) is 4. The Hall–Kier alpha value is -0.870. The van der Waals surface area contributed by atoms with Gasteiger partial charge in [0, 0.05) is 17.5 Å². The molecule has 3 nitrogen and oxygen atoms in total. The van der Waals surface area contributed by atoms with Crippen molar-refractivity contribution in [2.45, 2.75) is 52.7 Å². The van der Waals surface area contributed by atoms with Crippen molar-refractivity contribution in [1.82, 2.24) is 4.90 Å². The number of nitrogens with zero attached hydrogens (tertiary/aromatic N) is 1. The molecule has 0 aliphatic rings. The van der Waals surface area contributed by atoms with Crippen LogP contribution in [-0.2, 0) is 16.1 Å². The molecule has 0 aliphatic carbocycles. The van der Waals surface area contributed by atoms with E-state index in [0.717, 1.165) is 13.0 Å². The zero-order valence-corrected chi connectivity index (χ0v) is 12.5. The summed E-state index contributed by atoms with van der Waals surface area (Å²) in [5.41, 5.74) is 0. The lowest BCUT2D eigenvalue weighted by atomic mass is 10.1. The summed E-state index contributed by atoms with van der Waals surface area (Å²) in [6, 6.07) is 4.33. The van der Waals surface area contributed by atoms with Gasteiger partial charge in [-0.25, -0.2) is 0 Å². The maximum absolute atomic E-state index is 12.0. The van der Waals surface area contributed by atoms with Gasteiger partial charge in [-0.15, -0.1) is 11.3 Å². The first-order valence-corrected chi connectivity index (χ1v) is 7.42. The smallest absolute Gasteiger partial charge is 0.323 e. The molecule has 1 heterocycles. The number of hydrogen-bond donors (Lipinski definition) is 0. The van der Waals surface area contributed by atoms with Crippen LogP contribution in [0.25, 0.3) is 0 Å². The van der Waals surface area contributed by atoms with Gasteiger partial charge in [0.25, 0.3) is 0 Å². The molecule has 4 heteroatoms. The van der Waals surface area contributed by atoms with E-state index in [1.54, 1.807) is 11.3 Å². The van der Waals surface area contributed by atoms with Gasteiger partial charge in [-0.05, 0) is 38.6 Å². The minimum absolute atomic E-state index is 0.106. The van der Waals surface area contributed by atoms with E-state index >= 15 is 0 Å². The first kappa shape index (κ1) is 15.2. The molecule has 1 aromatic heterocycles. The highest BCUT2D eigenvalue weighted by Crippen LogP contribution is 2.18. The van der Waals surface area contributed by atoms with Gasteiger partial charge in [-0.2, -0.15) is 0 Å². The normalized spacial score (nSPS) is 13.0. The highest BCUT2D eigenvalue weighted by Gasteiger charge is 2.27. The van der Waals surface area contributed by atoms with Crippen molar-refractivity contribution >= 4 is 17.3 Å². The summed E-state index contributed by atoms with van der Waals surface area (Å²) in [7, 11) is 0. The fourth-order valence-electron chi connectivity index (χ4n) is 2.01. The third kappa shape index (κ3) is 4.10.